The lowest BCUT2D eigenvalue weighted by atomic mass is 10.1. The summed E-state index contributed by atoms with van der Waals surface area (Å²) in [7, 11) is 0. The van der Waals surface area contributed by atoms with Gasteiger partial charge in [0.25, 0.3) is 0 Å². The lowest BCUT2D eigenvalue weighted by Gasteiger charge is -2.17. The molecular formula is C18H21FN2O2. The normalized spacial score (nSPS) is 13.2. The fourth-order valence-corrected chi connectivity index (χ4v) is 2.03. The largest absolute Gasteiger partial charge is 0.454 e. The van der Waals surface area contributed by atoms with Gasteiger partial charge in [0, 0.05) is 12.5 Å². The Morgan fingerprint density at radius 2 is 1.91 bits per heavy atom. The Labute approximate surface area is 135 Å². The second-order valence-electron chi connectivity index (χ2n) is 5.47. The van der Waals surface area contributed by atoms with Crippen LogP contribution in [0.25, 0.3) is 0 Å². The van der Waals surface area contributed by atoms with Crippen molar-refractivity contribution in [2.24, 2.45) is 11.7 Å². The number of nitrogens with one attached hydrogen (secondary N) is 1. The molecule has 0 fully saturated rings. The molecule has 0 bridgehead atoms. The van der Waals surface area contributed by atoms with Gasteiger partial charge in [-0.15, -0.1) is 0 Å². The lowest BCUT2D eigenvalue weighted by molar-refractivity contribution is -0.124. The summed E-state index contributed by atoms with van der Waals surface area (Å²) in [6.45, 7) is 3.82. The summed E-state index contributed by atoms with van der Waals surface area (Å²) in [5, 5.41) is 2.82. The van der Waals surface area contributed by atoms with Crippen LogP contribution < -0.4 is 15.8 Å². The number of halogens is 1. The second kappa shape index (κ2) is 7.74. The minimum absolute atomic E-state index is 0.147. The molecule has 122 valence electrons. The van der Waals surface area contributed by atoms with E-state index in [1.165, 1.54) is 6.07 Å². The minimum atomic E-state index is -0.473. The Hall–Kier alpha value is -2.40. The highest BCUT2D eigenvalue weighted by atomic mass is 19.1. The average Bonchev–Trinajstić information content (AvgIpc) is 2.56. The molecule has 0 aliphatic carbocycles. The van der Waals surface area contributed by atoms with Gasteiger partial charge in [-0.3, -0.25) is 4.79 Å². The van der Waals surface area contributed by atoms with Crippen molar-refractivity contribution in [3.8, 4) is 11.5 Å². The van der Waals surface area contributed by atoms with E-state index in [0.717, 1.165) is 0 Å². The summed E-state index contributed by atoms with van der Waals surface area (Å²) < 4.78 is 19.7. The number of rotatable bonds is 6. The molecule has 2 aromatic carbocycles. The number of nitrogens with two attached hydrogens (primary N) is 1. The number of hydrogen-bond acceptors (Lipinski definition) is 3. The zero-order valence-electron chi connectivity index (χ0n) is 13.3. The third-order valence-corrected chi connectivity index (χ3v) is 3.59. The van der Waals surface area contributed by atoms with E-state index < -0.39 is 5.82 Å². The summed E-state index contributed by atoms with van der Waals surface area (Å²) in [5.74, 6) is -0.182. The SMILES string of the molecule is CC(CN)C(=O)NC(C)c1ccc(Oc2ccccc2)c(F)c1. The molecule has 1 amide bonds. The van der Waals surface area contributed by atoms with Gasteiger partial charge in [0.15, 0.2) is 11.6 Å². The van der Waals surface area contributed by atoms with Crippen molar-refractivity contribution in [2.75, 3.05) is 6.54 Å². The number of benzene rings is 2. The van der Waals surface area contributed by atoms with E-state index in [1.807, 2.05) is 18.2 Å². The van der Waals surface area contributed by atoms with Crippen molar-refractivity contribution in [1.29, 1.82) is 0 Å². The molecule has 2 unspecified atom stereocenters. The van der Waals surface area contributed by atoms with Gasteiger partial charge in [0.1, 0.15) is 5.75 Å². The van der Waals surface area contributed by atoms with E-state index >= 15 is 0 Å². The summed E-state index contributed by atoms with van der Waals surface area (Å²) >= 11 is 0. The lowest BCUT2D eigenvalue weighted by Crippen LogP contribution is -2.34. The fourth-order valence-electron chi connectivity index (χ4n) is 2.03. The zero-order chi connectivity index (χ0) is 16.8. The van der Waals surface area contributed by atoms with E-state index in [-0.39, 0.29) is 30.2 Å². The van der Waals surface area contributed by atoms with Gasteiger partial charge < -0.3 is 15.8 Å². The molecule has 0 saturated carbocycles. The molecule has 0 spiro atoms. The molecule has 0 radical (unpaired) electrons. The van der Waals surface area contributed by atoms with Crippen LogP contribution in [0.2, 0.25) is 0 Å². The summed E-state index contributed by atoms with van der Waals surface area (Å²) in [5.41, 5.74) is 6.13. The topological polar surface area (TPSA) is 64.4 Å². The van der Waals surface area contributed by atoms with Crippen molar-refractivity contribution >= 4 is 5.91 Å². The molecule has 2 aromatic rings. The summed E-state index contributed by atoms with van der Waals surface area (Å²) in [4.78, 5) is 11.8. The van der Waals surface area contributed by atoms with E-state index in [0.29, 0.717) is 11.3 Å². The number of carbonyl (C=O) groups is 1. The smallest absolute Gasteiger partial charge is 0.224 e. The highest BCUT2D eigenvalue weighted by Gasteiger charge is 2.16. The van der Waals surface area contributed by atoms with Gasteiger partial charge in [0.2, 0.25) is 5.91 Å². The standard InChI is InChI=1S/C18H21FN2O2/c1-12(11-20)18(22)21-13(2)14-8-9-17(16(19)10-14)23-15-6-4-3-5-7-15/h3-10,12-13H,11,20H2,1-2H3,(H,21,22). The van der Waals surface area contributed by atoms with Gasteiger partial charge >= 0.3 is 0 Å². The summed E-state index contributed by atoms with van der Waals surface area (Å²) in [6, 6.07) is 13.4. The quantitative estimate of drug-likeness (QED) is 0.858. The van der Waals surface area contributed by atoms with Gasteiger partial charge in [0.05, 0.1) is 6.04 Å². The number of para-hydroxylation sites is 1. The maximum Gasteiger partial charge on any atom is 0.224 e. The molecule has 4 nitrogen and oxygen atoms in total. The van der Waals surface area contributed by atoms with Crippen LogP contribution in [-0.2, 0) is 4.79 Å². The maximum absolute atomic E-state index is 14.2. The molecule has 5 heteroatoms. The third-order valence-electron chi connectivity index (χ3n) is 3.59. The van der Waals surface area contributed by atoms with Crippen LogP contribution in [-0.4, -0.2) is 12.5 Å². The highest BCUT2D eigenvalue weighted by Crippen LogP contribution is 2.26. The van der Waals surface area contributed by atoms with E-state index in [2.05, 4.69) is 5.32 Å². The Balaban J connectivity index is 2.08. The predicted octanol–water partition coefficient (Wildman–Crippen LogP) is 3.39. The first-order chi connectivity index (χ1) is 11.0. The number of carbonyl (C=O) groups excluding carboxylic acids is 1. The van der Waals surface area contributed by atoms with E-state index in [9.17, 15) is 9.18 Å². The van der Waals surface area contributed by atoms with Gasteiger partial charge in [-0.2, -0.15) is 0 Å². The van der Waals surface area contributed by atoms with Crippen molar-refractivity contribution in [3.63, 3.8) is 0 Å². The van der Waals surface area contributed by atoms with Crippen LogP contribution in [0, 0.1) is 11.7 Å². The first-order valence-corrected chi connectivity index (χ1v) is 7.54. The Kier molecular flexibility index (Phi) is 5.71. The van der Waals surface area contributed by atoms with Gasteiger partial charge in [-0.05, 0) is 36.8 Å². The number of amides is 1. The Bertz CT molecular complexity index is 661. The van der Waals surface area contributed by atoms with Crippen molar-refractivity contribution in [1.82, 2.24) is 5.32 Å². The maximum atomic E-state index is 14.2. The Morgan fingerprint density at radius 1 is 1.22 bits per heavy atom. The molecular weight excluding hydrogens is 295 g/mol. The molecule has 2 atom stereocenters. The first-order valence-electron chi connectivity index (χ1n) is 7.54. The van der Waals surface area contributed by atoms with E-state index in [4.69, 9.17) is 10.5 Å². The van der Waals surface area contributed by atoms with Crippen LogP contribution >= 0.6 is 0 Å². The minimum Gasteiger partial charge on any atom is -0.454 e. The monoisotopic (exact) mass is 316 g/mol. The molecule has 0 heterocycles. The highest BCUT2D eigenvalue weighted by molar-refractivity contribution is 5.78. The zero-order valence-corrected chi connectivity index (χ0v) is 13.3. The number of hydrogen-bond donors (Lipinski definition) is 2. The summed E-state index contributed by atoms with van der Waals surface area (Å²) in [6.07, 6.45) is 0. The van der Waals surface area contributed by atoms with Gasteiger partial charge in [-0.1, -0.05) is 31.2 Å². The molecule has 23 heavy (non-hydrogen) atoms. The van der Waals surface area contributed by atoms with Crippen LogP contribution in [0.3, 0.4) is 0 Å². The molecule has 2 rings (SSSR count). The van der Waals surface area contributed by atoms with Crippen LogP contribution in [0.5, 0.6) is 11.5 Å². The van der Waals surface area contributed by atoms with Crippen LogP contribution in [0.15, 0.2) is 48.5 Å². The van der Waals surface area contributed by atoms with E-state index in [1.54, 1.807) is 38.1 Å². The van der Waals surface area contributed by atoms with Crippen LogP contribution in [0.1, 0.15) is 25.5 Å². The molecule has 0 aliphatic heterocycles. The third kappa shape index (κ3) is 4.53. The van der Waals surface area contributed by atoms with Gasteiger partial charge in [-0.25, -0.2) is 4.39 Å². The molecule has 3 N–H and O–H groups in total. The van der Waals surface area contributed by atoms with Crippen molar-refractivity contribution in [2.45, 2.75) is 19.9 Å². The molecule has 0 aromatic heterocycles. The molecule has 0 aliphatic rings. The van der Waals surface area contributed by atoms with Crippen molar-refractivity contribution < 1.29 is 13.9 Å². The first kappa shape index (κ1) is 17.0. The van der Waals surface area contributed by atoms with Crippen LogP contribution in [0.4, 0.5) is 4.39 Å². The predicted molar refractivity (Wildman–Crippen MR) is 87.7 cm³/mol. The molecule has 0 saturated heterocycles. The average molecular weight is 316 g/mol. The Morgan fingerprint density at radius 3 is 2.52 bits per heavy atom. The number of ether oxygens (including phenoxy) is 1. The second-order valence-corrected chi connectivity index (χ2v) is 5.47. The van der Waals surface area contributed by atoms with Crippen molar-refractivity contribution in [3.05, 3.63) is 59.9 Å². The fraction of sp³-hybridized carbons (Fsp3) is 0.278.